The summed E-state index contributed by atoms with van der Waals surface area (Å²) in [4.78, 5) is 12.8. The maximum Gasteiger partial charge on any atom is 0.314 e. The first-order chi connectivity index (χ1) is 8.97. The predicted octanol–water partition coefficient (Wildman–Crippen LogP) is 2.57. The number of anilines is 1. The van der Waals surface area contributed by atoms with Gasteiger partial charge in [0.2, 0.25) is 0 Å². The van der Waals surface area contributed by atoms with Crippen LogP contribution in [0.25, 0.3) is 0 Å². The molecule has 1 fully saturated rings. The molecule has 1 saturated heterocycles. The van der Waals surface area contributed by atoms with E-state index in [0.717, 1.165) is 25.9 Å². The Hall–Kier alpha value is -1.71. The van der Waals surface area contributed by atoms with E-state index in [1.54, 1.807) is 4.90 Å². The van der Waals surface area contributed by atoms with Crippen molar-refractivity contribution in [3.05, 3.63) is 28.8 Å². The summed E-state index contributed by atoms with van der Waals surface area (Å²) in [5, 5.41) is 3.63. The van der Waals surface area contributed by atoms with E-state index in [9.17, 15) is 4.79 Å². The molecule has 1 aliphatic rings. The van der Waals surface area contributed by atoms with Crippen LogP contribution in [0.1, 0.15) is 29.5 Å². The van der Waals surface area contributed by atoms with Gasteiger partial charge in [0, 0.05) is 24.8 Å². The number of carbonyl (C=O) groups is 1. The minimum absolute atomic E-state index is 0.304. The quantitative estimate of drug-likeness (QED) is 0.859. The predicted molar refractivity (Wildman–Crippen MR) is 78.5 cm³/mol. The fourth-order valence-electron chi connectivity index (χ4n) is 2.86. The third kappa shape index (κ3) is 3.19. The number of hydrogen-bond acceptors (Lipinski definition) is 2. The Morgan fingerprint density at radius 3 is 2.21 bits per heavy atom. The highest BCUT2D eigenvalue weighted by molar-refractivity contribution is 5.72. The second-order valence-electron chi connectivity index (χ2n) is 5.52. The van der Waals surface area contributed by atoms with Gasteiger partial charge in [-0.2, -0.15) is 0 Å². The SMILES string of the molecule is Cc1cc(C)c(NC2CCN(C(N)=O)CC2)c(C)c1. The zero-order valence-electron chi connectivity index (χ0n) is 12.0. The van der Waals surface area contributed by atoms with Crippen LogP contribution < -0.4 is 11.1 Å². The van der Waals surface area contributed by atoms with Crippen molar-refractivity contribution in [2.45, 2.75) is 39.7 Å². The number of benzene rings is 1. The topological polar surface area (TPSA) is 58.4 Å². The van der Waals surface area contributed by atoms with E-state index >= 15 is 0 Å². The van der Waals surface area contributed by atoms with Gasteiger partial charge in [-0.25, -0.2) is 4.79 Å². The molecule has 0 atom stereocenters. The standard InChI is InChI=1S/C15H23N3O/c1-10-8-11(2)14(12(3)9-10)17-13-4-6-18(7-5-13)15(16)19/h8-9,13,17H,4-7H2,1-3H3,(H2,16,19). The molecule has 0 bridgehead atoms. The number of rotatable bonds is 2. The summed E-state index contributed by atoms with van der Waals surface area (Å²) in [5.41, 5.74) is 10.4. The summed E-state index contributed by atoms with van der Waals surface area (Å²) in [6, 6.07) is 4.53. The van der Waals surface area contributed by atoms with Crippen molar-refractivity contribution in [2.75, 3.05) is 18.4 Å². The molecule has 1 aliphatic heterocycles. The number of urea groups is 1. The Kier molecular flexibility index (Phi) is 3.98. The van der Waals surface area contributed by atoms with E-state index in [4.69, 9.17) is 5.73 Å². The van der Waals surface area contributed by atoms with Crippen molar-refractivity contribution in [2.24, 2.45) is 5.73 Å². The summed E-state index contributed by atoms with van der Waals surface area (Å²) in [5.74, 6) is 0. The normalized spacial score (nSPS) is 16.5. The Labute approximate surface area is 115 Å². The molecular weight excluding hydrogens is 238 g/mol. The summed E-state index contributed by atoms with van der Waals surface area (Å²) in [7, 11) is 0. The fourth-order valence-corrected chi connectivity index (χ4v) is 2.86. The first kappa shape index (κ1) is 13.7. The van der Waals surface area contributed by atoms with E-state index in [1.165, 1.54) is 22.4 Å². The van der Waals surface area contributed by atoms with Crippen LogP contribution in [-0.4, -0.2) is 30.1 Å². The summed E-state index contributed by atoms with van der Waals surface area (Å²) in [6.07, 6.45) is 1.91. The van der Waals surface area contributed by atoms with Gasteiger partial charge in [-0.05, 0) is 44.7 Å². The zero-order chi connectivity index (χ0) is 14.0. The van der Waals surface area contributed by atoms with Crippen molar-refractivity contribution >= 4 is 11.7 Å². The van der Waals surface area contributed by atoms with Crippen LogP contribution >= 0.6 is 0 Å². The van der Waals surface area contributed by atoms with E-state index in [-0.39, 0.29) is 6.03 Å². The maximum atomic E-state index is 11.1. The van der Waals surface area contributed by atoms with Gasteiger partial charge >= 0.3 is 6.03 Å². The number of primary amides is 1. The number of aryl methyl sites for hydroxylation is 3. The van der Waals surface area contributed by atoms with Gasteiger partial charge in [0.05, 0.1) is 0 Å². The third-order valence-corrected chi connectivity index (χ3v) is 3.83. The Bertz CT molecular complexity index is 453. The third-order valence-electron chi connectivity index (χ3n) is 3.83. The Morgan fingerprint density at radius 2 is 1.74 bits per heavy atom. The van der Waals surface area contributed by atoms with Crippen LogP contribution in [0.2, 0.25) is 0 Å². The first-order valence-corrected chi connectivity index (χ1v) is 6.86. The number of carbonyl (C=O) groups excluding carboxylic acids is 1. The summed E-state index contributed by atoms with van der Waals surface area (Å²) >= 11 is 0. The van der Waals surface area contributed by atoms with Gasteiger partial charge in [-0.1, -0.05) is 17.7 Å². The van der Waals surface area contributed by atoms with Crippen molar-refractivity contribution in [3.63, 3.8) is 0 Å². The van der Waals surface area contributed by atoms with Crippen LogP contribution in [0.4, 0.5) is 10.5 Å². The number of likely N-dealkylation sites (tertiary alicyclic amines) is 1. The van der Waals surface area contributed by atoms with Crippen molar-refractivity contribution in [3.8, 4) is 0 Å². The lowest BCUT2D eigenvalue weighted by atomic mass is 10.0. The van der Waals surface area contributed by atoms with E-state index in [1.807, 2.05) is 0 Å². The fraction of sp³-hybridized carbons (Fsp3) is 0.533. The second-order valence-corrected chi connectivity index (χ2v) is 5.52. The Balaban J connectivity index is 2.02. The molecule has 1 heterocycles. The maximum absolute atomic E-state index is 11.1. The number of hydrogen-bond donors (Lipinski definition) is 2. The molecule has 2 amide bonds. The van der Waals surface area contributed by atoms with E-state index < -0.39 is 0 Å². The number of nitrogens with two attached hydrogens (primary N) is 1. The molecular formula is C15H23N3O. The van der Waals surface area contributed by atoms with Gasteiger partial charge in [-0.3, -0.25) is 0 Å². The zero-order valence-corrected chi connectivity index (χ0v) is 12.0. The smallest absolute Gasteiger partial charge is 0.314 e. The van der Waals surface area contributed by atoms with Gasteiger partial charge in [0.15, 0.2) is 0 Å². The molecule has 104 valence electrons. The molecule has 0 saturated carbocycles. The highest BCUT2D eigenvalue weighted by atomic mass is 16.2. The lowest BCUT2D eigenvalue weighted by Gasteiger charge is -2.32. The summed E-state index contributed by atoms with van der Waals surface area (Å²) < 4.78 is 0. The van der Waals surface area contributed by atoms with Crippen LogP contribution in [0.3, 0.4) is 0 Å². The minimum atomic E-state index is -0.304. The average molecular weight is 261 g/mol. The van der Waals surface area contributed by atoms with Gasteiger partial charge in [0.1, 0.15) is 0 Å². The average Bonchev–Trinajstić information content (AvgIpc) is 2.34. The molecule has 0 radical (unpaired) electrons. The van der Waals surface area contributed by atoms with Gasteiger partial charge in [0.25, 0.3) is 0 Å². The minimum Gasteiger partial charge on any atom is -0.382 e. The van der Waals surface area contributed by atoms with E-state index in [2.05, 4.69) is 38.2 Å². The van der Waals surface area contributed by atoms with Gasteiger partial charge in [-0.15, -0.1) is 0 Å². The molecule has 1 aromatic carbocycles. The highest BCUT2D eigenvalue weighted by Crippen LogP contribution is 2.25. The largest absolute Gasteiger partial charge is 0.382 e. The molecule has 2 rings (SSSR count). The highest BCUT2D eigenvalue weighted by Gasteiger charge is 2.21. The van der Waals surface area contributed by atoms with Crippen molar-refractivity contribution < 1.29 is 4.79 Å². The lowest BCUT2D eigenvalue weighted by Crippen LogP contribution is -2.44. The lowest BCUT2D eigenvalue weighted by molar-refractivity contribution is 0.193. The van der Waals surface area contributed by atoms with Crippen molar-refractivity contribution in [1.29, 1.82) is 0 Å². The molecule has 1 aromatic rings. The number of amides is 2. The molecule has 19 heavy (non-hydrogen) atoms. The van der Waals surface area contributed by atoms with Crippen LogP contribution in [0.15, 0.2) is 12.1 Å². The first-order valence-electron chi connectivity index (χ1n) is 6.86. The van der Waals surface area contributed by atoms with Crippen LogP contribution in [0.5, 0.6) is 0 Å². The molecule has 3 N–H and O–H groups in total. The molecule has 0 aromatic heterocycles. The number of piperidine rings is 1. The molecule has 0 unspecified atom stereocenters. The molecule has 4 heteroatoms. The molecule has 0 aliphatic carbocycles. The Morgan fingerprint density at radius 1 is 1.21 bits per heavy atom. The van der Waals surface area contributed by atoms with Crippen LogP contribution in [0, 0.1) is 20.8 Å². The van der Waals surface area contributed by atoms with E-state index in [0.29, 0.717) is 6.04 Å². The monoisotopic (exact) mass is 261 g/mol. The summed E-state index contributed by atoms with van der Waals surface area (Å²) in [6.45, 7) is 7.89. The molecule has 4 nitrogen and oxygen atoms in total. The molecule has 0 spiro atoms. The number of nitrogens with zero attached hydrogens (tertiary/aromatic N) is 1. The van der Waals surface area contributed by atoms with Gasteiger partial charge < -0.3 is 16.0 Å². The van der Waals surface area contributed by atoms with Crippen LogP contribution in [-0.2, 0) is 0 Å². The van der Waals surface area contributed by atoms with Crippen molar-refractivity contribution in [1.82, 2.24) is 4.90 Å². The number of nitrogens with one attached hydrogen (secondary N) is 1. The second kappa shape index (κ2) is 5.51.